The summed E-state index contributed by atoms with van der Waals surface area (Å²) in [6.45, 7) is 6.47. The van der Waals surface area contributed by atoms with Crippen molar-refractivity contribution >= 4 is 46.0 Å². The van der Waals surface area contributed by atoms with Crippen molar-refractivity contribution in [1.82, 2.24) is 5.32 Å². The van der Waals surface area contributed by atoms with E-state index in [1.165, 1.54) is 4.88 Å². The molecule has 1 aliphatic rings. The van der Waals surface area contributed by atoms with Crippen LogP contribution in [0.1, 0.15) is 16.5 Å². The van der Waals surface area contributed by atoms with Crippen LogP contribution in [0.3, 0.4) is 0 Å². The Kier molecular flexibility index (Phi) is 6.67. The van der Waals surface area contributed by atoms with E-state index in [4.69, 9.17) is 28.6 Å². The molecule has 0 aliphatic carbocycles. The molecular weight excluding hydrogens is 374 g/mol. The maximum Gasteiger partial charge on any atom is 0.171 e. The molecule has 25 heavy (non-hydrogen) atoms. The van der Waals surface area contributed by atoms with Gasteiger partial charge >= 0.3 is 0 Å². The van der Waals surface area contributed by atoms with Crippen LogP contribution in [0.5, 0.6) is 0 Å². The van der Waals surface area contributed by atoms with Crippen molar-refractivity contribution < 1.29 is 9.64 Å². The quantitative estimate of drug-likeness (QED) is 0.679. The van der Waals surface area contributed by atoms with Gasteiger partial charge in [-0.2, -0.15) is 0 Å². The maximum absolute atomic E-state index is 6.18. The van der Waals surface area contributed by atoms with E-state index in [2.05, 4.69) is 28.1 Å². The first kappa shape index (κ1) is 18.6. The minimum absolute atomic E-state index is 0.379. The van der Waals surface area contributed by atoms with Crippen molar-refractivity contribution in [3.05, 3.63) is 51.2 Å². The summed E-state index contributed by atoms with van der Waals surface area (Å²) in [5.74, 6) is 0. The van der Waals surface area contributed by atoms with E-state index in [0.717, 1.165) is 49.1 Å². The van der Waals surface area contributed by atoms with Gasteiger partial charge in [0.15, 0.2) is 5.11 Å². The van der Waals surface area contributed by atoms with Crippen molar-refractivity contribution in [2.75, 3.05) is 38.2 Å². The van der Waals surface area contributed by atoms with E-state index in [-0.39, 0.29) is 0 Å². The highest BCUT2D eigenvalue weighted by molar-refractivity contribution is 7.80. The lowest BCUT2D eigenvalue weighted by Crippen LogP contribution is -3.15. The summed E-state index contributed by atoms with van der Waals surface area (Å²) in [4.78, 5) is 2.93. The Morgan fingerprint density at radius 1 is 1.32 bits per heavy atom. The number of hydrogen-bond acceptors (Lipinski definition) is 3. The van der Waals surface area contributed by atoms with Crippen LogP contribution in [-0.4, -0.2) is 38.0 Å². The molecule has 3 N–H and O–H groups in total. The Labute approximate surface area is 163 Å². The fraction of sp³-hybridized carbons (Fsp3) is 0.389. The number of morpholine rings is 1. The molecule has 3 rings (SSSR count). The zero-order chi connectivity index (χ0) is 17.6. The topological polar surface area (TPSA) is 37.7 Å². The van der Waals surface area contributed by atoms with Crippen molar-refractivity contribution in [3.8, 4) is 0 Å². The highest BCUT2D eigenvalue weighted by Crippen LogP contribution is 2.23. The lowest BCUT2D eigenvalue weighted by atomic mass is 10.2. The summed E-state index contributed by atoms with van der Waals surface area (Å²) < 4.78 is 5.51. The van der Waals surface area contributed by atoms with Gasteiger partial charge in [0.1, 0.15) is 19.1 Å². The van der Waals surface area contributed by atoms with Crippen LogP contribution in [0.25, 0.3) is 0 Å². The van der Waals surface area contributed by atoms with E-state index in [9.17, 15) is 0 Å². The SMILES string of the molecule is Cc1c(Cl)cccc1NC(=S)NC[C@H](c1cccs1)[NH+]1CCOCC1. The van der Waals surface area contributed by atoms with E-state index >= 15 is 0 Å². The summed E-state index contributed by atoms with van der Waals surface area (Å²) in [6, 6.07) is 10.5. The van der Waals surface area contributed by atoms with Gasteiger partial charge in [-0.3, -0.25) is 0 Å². The second-order valence-electron chi connectivity index (χ2n) is 6.09. The number of quaternary nitrogens is 1. The lowest BCUT2D eigenvalue weighted by Gasteiger charge is -2.31. The van der Waals surface area contributed by atoms with Crippen LogP contribution in [0.2, 0.25) is 5.02 Å². The zero-order valence-electron chi connectivity index (χ0n) is 14.2. The number of halogens is 1. The summed E-state index contributed by atoms with van der Waals surface area (Å²) >= 11 is 13.5. The van der Waals surface area contributed by atoms with Crippen LogP contribution in [0, 0.1) is 6.92 Å². The number of hydrogen-bond donors (Lipinski definition) is 3. The second kappa shape index (κ2) is 8.96. The Balaban J connectivity index is 1.62. The normalized spacial score (nSPS) is 16.4. The van der Waals surface area contributed by atoms with Crippen LogP contribution >= 0.6 is 35.2 Å². The number of anilines is 1. The number of nitrogens with one attached hydrogen (secondary N) is 3. The molecule has 7 heteroatoms. The van der Waals surface area contributed by atoms with Gasteiger partial charge in [0.2, 0.25) is 0 Å². The number of ether oxygens (including phenoxy) is 1. The summed E-state index contributed by atoms with van der Waals surface area (Å²) in [5, 5.41) is 10.1. The van der Waals surface area contributed by atoms with Crippen molar-refractivity contribution in [3.63, 3.8) is 0 Å². The number of thiophene rings is 1. The van der Waals surface area contributed by atoms with E-state index in [1.54, 1.807) is 16.2 Å². The molecule has 0 radical (unpaired) electrons. The minimum atomic E-state index is 0.379. The van der Waals surface area contributed by atoms with Gasteiger partial charge in [-0.25, -0.2) is 0 Å². The molecule has 1 atom stereocenters. The zero-order valence-corrected chi connectivity index (χ0v) is 16.6. The van der Waals surface area contributed by atoms with Crippen LogP contribution in [0.15, 0.2) is 35.7 Å². The molecule has 1 aliphatic heterocycles. The van der Waals surface area contributed by atoms with Gasteiger partial charge in [-0.05, 0) is 48.3 Å². The molecule has 0 unspecified atom stereocenters. The maximum atomic E-state index is 6.18. The lowest BCUT2D eigenvalue weighted by molar-refractivity contribution is -0.937. The molecule has 1 fully saturated rings. The first-order valence-electron chi connectivity index (χ1n) is 8.41. The molecule has 2 aromatic rings. The third kappa shape index (κ3) is 4.92. The van der Waals surface area contributed by atoms with Gasteiger partial charge in [0.05, 0.1) is 24.6 Å². The Morgan fingerprint density at radius 3 is 2.84 bits per heavy atom. The van der Waals surface area contributed by atoms with Crippen LogP contribution in [-0.2, 0) is 4.74 Å². The molecule has 0 saturated carbocycles. The molecule has 1 aromatic carbocycles. The highest BCUT2D eigenvalue weighted by Gasteiger charge is 2.27. The second-order valence-corrected chi connectivity index (χ2v) is 7.88. The fourth-order valence-corrected chi connectivity index (χ4v) is 4.28. The summed E-state index contributed by atoms with van der Waals surface area (Å²) in [6.07, 6.45) is 0. The van der Waals surface area contributed by atoms with Gasteiger partial charge in [0, 0.05) is 10.7 Å². The molecule has 1 aromatic heterocycles. The molecule has 1 saturated heterocycles. The van der Waals surface area contributed by atoms with Crippen molar-refractivity contribution in [1.29, 1.82) is 0 Å². The summed E-state index contributed by atoms with van der Waals surface area (Å²) in [5.41, 5.74) is 1.94. The van der Waals surface area contributed by atoms with Crippen LogP contribution in [0.4, 0.5) is 5.69 Å². The van der Waals surface area contributed by atoms with Gasteiger partial charge in [-0.1, -0.05) is 23.7 Å². The number of thiocarbonyl (C=S) groups is 1. The molecule has 0 bridgehead atoms. The van der Waals surface area contributed by atoms with E-state index < -0.39 is 0 Å². The molecule has 4 nitrogen and oxygen atoms in total. The highest BCUT2D eigenvalue weighted by atomic mass is 35.5. The van der Waals surface area contributed by atoms with Gasteiger partial charge in [-0.15, -0.1) is 11.3 Å². The molecule has 0 amide bonds. The first-order valence-corrected chi connectivity index (χ1v) is 10.1. The van der Waals surface area contributed by atoms with Crippen molar-refractivity contribution in [2.24, 2.45) is 0 Å². The largest absolute Gasteiger partial charge is 0.370 e. The monoisotopic (exact) mass is 396 g/mol. The first-order chi connectivity index (χ1) is 12.1. The van der Waals surface area contributed by atoms with Gasteiger partial charge in [0.25, 0.3) is 0 Å². The number of rotatable bonds is 5. The Bertz CT molecular complexity index is 702. The predicted octanol–water partition coefficient (Wildman–Crippen LogP) is 2.65. The molecule has 2 heterocycles. The smallest absolute Gasteiger partial charge is 0.171 e. The molecular formula is C18H23ClN3OS2+. The molecule has 134 valence electrons. The standard InChI is InChI=1S/C18H22ClN3OS2/c1-13-14(19)4-2-5-15(13)21-18(24)20-12-16(17-6-3-11-25-17)22-7-9-23-10-8-22/h2-6,11,16H,7-10,12H2,1H3,(H2,20,21,24)/p+1/t16-/m1/s1. The van der Waals surface area contributed by atoms with E-state index in [1.807, 2.05) is 25.1 Å². The van der Waals surface area contributed by atoms with E-state index in [0.29, 0.717) is 11.2 Å². The summed E-state index contributed by atoms with van der Waals surface area (Å²) in [7, 11) is 0. The third-order valence-corrected chi connectivity index (χ3v) is 6.14. The average molecular weight is 397 g/mol. The Hall–Kier alpha value is -1.18. The Morgan fingerprint density at radius 2 is 2.12 bits per heavy atom. The predicted molar refractivity (Wildman–Crippen MR) is 109 cm³/mol. The minimum Gasteiger partial charge on any atom is -0.370 e. The average Bonchev–Trinajstić information content (AvgIpc) is 3.14. The third-order valence-electron chi connectivity index (χ3n) is 4.50. The number of benzene rings is 1. The van der Waals surface area contributed by atoms with Gasteiger partial charge < -0.3 is 20.3 Å². The van der Waals surface area contributed by atoms with Crippen molar-refractivity contribution in [2.45, 2.75) is 13.0 Å². The fourth-order valence-electron chi connectivity index (χ4n) is 3.02. The molecule has 0 spiro atoms. The van der Waals surface area contributed by atoms with Crippen LogP contribution < -0.4 is 15.5 Å².